The average Bonchev–Trinajstić information content (AvgIpc) is 2.84. The van der Waals surface area contributed by atoms with Crippen LogP contribution in [0.2, 0.25) is 0 Å². The number of rotatable bonds is 3. The largest absolute Gasteiger partial charge is 0.416 e. The molecule has 0 N–H and O–H groups in total. The third kappa shape index (κ3) is 3.05. The Morgan fingerprint density at radius 2 is 1.56 bits per heavy atom. The molecule has 0 saturated carbocycles. The van der Waals surface area contributed by atoms with Crippen molar-refractivity contribution in [3.05, 3.63) is 77.1 Å². The van der Waals surface area contributed by atoms with Crippen LogP contribution in [0.1, 0.15) is 31.8 Å². The lowest BCUT2D eigenvalue weighted by Gasteiger charge is -2.17. The zero-order chi connectivity index (χ0) is 18.2. The summed E-state index contributed by atoms with van der Waals surface area (Å²) in [7, 11) is 0. The van der Waals surface area contributed by atoms with Crippen LogP contribution in [0, 0.1) is 0 Å². The van der Waals surface area contributed by atoms with Crippen LogP contribution >= 0.6 is 0 Å². The number of imide groups is 1. The first-order chi connectivity index (χ1) is 11.8. The molecule has 3 nitrogen and oxygen atoms in total. The molecule has 2 aromatic rings. The van der Waals surface area contributed by atoms with Gasteiger partial charge in [0.1, 0.15) is 0 Å². The molecule has 0 aromatic heterocycles. The minimum absolute atomic E-state index is 0.0473. The first kappa shape index (κ1) is 16.9. The van der Waals surface area contributed by atoms with Gasteiger partial charge in [-0.25, -0.2) is 4.39 Å². The molecule has 1 heterocycles. The summed E-state index contributed by atoms with van der Waals surface area (Å²) in [5, 5.41) is 0. The second-order valence-corrected chi connectivity index (χ2v) is 5.45. The number of carbonyl (C=O) groups is 2. The number of alkyl halides is 3. The van der Waals surface area contributed by atoms with Crippen molar-refractivity contribution < 1.29 is 27.2 Å². The number of carbonyl (C=O) groups excluding carboxylic acids is 2. The third-order valence-electron chi connectivity index (χ3n) is 3.90. The van der Waals surface area contributed by atoms with Gasteiger partial charge in [0, 0.05) is 5.57 Å². The van der Waals surface area contributed by atoms with Crippen LogP contribution < -0.4 is 0 Å². The monoisotopic (exact) mass is 349 g/mol. The summed E-state index contributed by atoms with van der Waals surface area (Å²) in [6.45, 7) is -0.454. The van der Waals surface area contributed by atoms with E-state index < -0.39 is 30.1 Å². The fourth-order valence-electron chi connectivity index (χ4n) is 2.64. The lowest BCUT2D eigenvalue weighted by atomic mass is 10.0. The van der Waals surface area contributed by atoms with E-state index in [4.69, 9.17) is 0 Å². The number of amides is 2. The molecule has 2 aromatic carbocycles. The maximum absolute atomic E-state index is 13.3. The van der Waals surface area contributed by atoms with E-state index in [0.717, 1.165) is 23.1 Å². The van der Waals surface area contributed by atoms with Gasteiger partial charge in [0.15, 0.2) is 0 Å². The van der Waals surface area contributed by atoms with Crippen LogP contribution in [-0.2, 0) is 6.18 Å². The molecule has 0 radical (unpaired) electrons. The lowest BCUT2D eigenvalue weighted by Crippen LogP contribution is -2.31. The van der Waals surface area contributed by atoms with Gasteiger partial charge in [-0.3, -0.25) is 14.5 Å². The first-order valence-electron chi connectivity index (χ1n) is 7.25. The van der Waals surface area contributed by atoms with E-state index in [1.807, 2.05) is 0 Å². The van der Waals surface area contributed by atoms with E-state index in [-0.39, 0.29) is 28.6 Å². The van der Waals surface area contributed by atoms with Crippen LogP contribution in [0.4, 0.5) is 17.6 Å². The maximum atomic E-state index is 13.3. The molecule has 0 fully saturated rings. The van der Waals surface area contributed by atoms with Gasteiger partial charge >= 0.3 is 6.18 Å². The van der Waals surface area contributed by atoms with Crippen molar-refractivity contribution in [2.45, 2.75) is 6.18 Å². The van der Waals surface area contributed by atoms with Crippen molar-refractivity contribution in [1.82, 2.24) is 4.90 Å². The minimum atomic E-state index is -4.58. The van der Waals surface area contributed by atoms with Crippen molar-refractivity contribution in [2.75, 3.05) is 6.54 Å². The number of benzene rings is 2. The lowest BCUT2D eigenvalue weighted by molar-refractivity contribution is -0.137. The zero-order valence-electron chi connectivity index (χ0n) is 12.7. The summed E-state index contributed by atoms with van der Waals surface area (Å²) in [5.74, 6) is -1.21. The molecule has 3 rings (SSSR count). The number of fused-ring (bicyclic) bond motifs is 1. The molecule has 7 heteroatoms. The highest BCUT2D eigenvalue weighted by Crippen LogP contribution is 2.32. The highest BCUT2D eigenvalue weighted by molar-refractivity contribution is 6.21. The number of nitrogens with zero attached hydrogens (tertiary/aromatic N) is 1. The van der Waals surface area contributed by atoms with Gasteiger partial charge in [-0.05, 0) is 29.8 Å². The fourth-order valence-corrected chi connectivity index (χ4v) is 2.64. The van der Waals surface area contributed by atoms with Crippen molar-refractivity contribution >= 4 is 17.4 Å². The zero-order valence-corrected chi connectivity index (χ0v) is 12.7. The molecule has 128 valence electrons. The SMILES string of the molecule is O=C1c2ccccc2C(=O)N1C/C(=C/F)c1cccc(C(F)(F)F)c1. The van der Waals surface area contributed by atoms with E-state index in [1.54, 1.807) is 12.1 Å². The molecular weight excluding hydrogens is 338 g/mol. The highest BCUT2D eigenvalue weighted by atomic mass is 19.4. The summed E-state index contributed by atoms with van der Waals surface area (Å²) in [6.07, 6.45) is -4.47. The van der Waals surface area contributed by atoms with E-state index >= 15 is 0 Å². The molecule has 0 aliphatic carbocycles. The fraction of sp³-hybridized carbons (Fsp3) is 0.111. The number of halogens is 4. The van der Waals surface area contributed by atoms with Crippen LogP contribution in [0.5, 0.6) is 0 Å². The van der Waals surface area contributed by atoms with Gasteiger partial charge in [0.2, 0.25) is 0 Å². The van der Waals surface area contributed by atoms with Gasteiger partial charge in [0.25, 0.3) is 11.8 Å². The van der Waals surface area contributed by atoms with Crippen LogP contribution in [0.3, 0.4) is 0 Å². The quantitative estimate of drug-likeness (QED) is 0.612. The summed E-state index contributed by atoms with van der Waals surface area (Å²) in [5.41, 5.74) is -0.800. The molecule has 0 saturated heterocycles. The average molecular weight is 349 g/mol. The molecule has 0 spiro atoms. The molecular formula is C18H11F4NO2. The van der Waals surface area contributed by atoms with Gasteiger partial charge in [-0.15, -0.1) is 0 Å². The van der Waals surface area contributed by atoms with Gasteiger partial charge in [0.05, 0.1) is 29.6 Å². The van der Waals surface area contributed by atoms with Crippen molar-refractivity contribution in [3.63, 3.8) is 0 Å². The highest BCUT2D eigenvalue weighted by Gasteiger charge is 2.36. The molecule has 25 heavy (non-hydrogen) atoms. The normalized spacial score (nSPS) is 14.9. The van der Waals surface area contributed by atoms with Gasteiger partial charge < -0.3 is 0 Å². The molecule has 1 aliphatic heterocycles. The van der Waals surface area contributed by atoms with E-state index in [0.29, 0.717) is 0 Å². The predicted molar refractivity (Wildman–Crippen MR) is 82.3 cm³/mol. The molecule has 0 bridgehead atoms. The standard InChI is InChI=1S/C18H11F4NO2/c19-9-12(11-4-3-5-13(8-11)18(20,21)22)10-23-16(24)14-6-1-2-7-15(14)17(23)25/h1-9H,10H2/b12-9-. The number of hydrogen-bond acceptors (Lipinski definition) is 2. The van der Waals surface area contributed by atoms with Crippen molar-refractivity contribution in [1.29, 1.82) is 0 Å². The molecule has 0 atom stereocenters. The Labute approximate surface area is 140 Å². The Morgan fingerprint density at radius 1 is 0.960 bits per heavy atom. The van der Waals surface area contributed by atoms with Crippen LogP contribution in [0.15, 0.2) is 54.9 Å². The van der Waals surface area contributed by atoms with Crippen LogP contribution in [0.25, 0.3) is 5.57 Å². The van der Waals surface area contributed by atoms with E-state index in [1.165, 1.54) is 18.2 Å². The Bertz CT molecular complexity index is 852. The molecule has 2 amide bonds. The Morgan fingerprint density at radius 3 is 2.08 bits per heavy atom. The summed E-state index contributed by atoms with van der Waals surface area (Å²) >= 11 is 0. The third-order valence-corrected chi connectivity index (χ3v) is 3.90. The second-order valence-electron chi connectivity index (χ2n) is 5.45. The Balaban J connectivity index is 1.90. The smallest absolute Gasteiger partial charge is 0.270 e. The van der Waals surface area contributed by atoms with E-state index in [9.17, 15) is 27.2 Å². The molecule has 1 aliphatic rings. The van der Waals surface area contributed by atoms with Crippen molar-refractivity contribution in [3.8, 4) is 0 Å². The summed E-state index contributed by atoms with van der Waals surface area (Å²) in [6, 6.07) is 10.2. The summed E-state index contributed by atoms with van der Waals surface area (Å²) in [4.78, 5) is 25.4. The predicted octanol–water partition coefficient (Wildman–Crippen LogP) is 4.31. The maximum Gasteiger partial charge on any atom is 0.416 e. The van der Waals surface area contributed by atoms with Crippen LogP contribution in [-0.4, -0.2) is 23.3 Å². The Hall–Kier alpha value is -2.96. The van der Waals surface area contributed by atoms with Gasteiger partial charge in [-0.2, -0.15) is 13.2 Å². The first-order valence-corrected chi connectivity index (χ1v) is 7.25. The number of hydrogen-bond donors (Lipinski definition) is 0. The second kappa shape index (κ2) is 6.16. The topological polar surface area (TPSA) is 37.4 Å². The van der Waals surface area contributed by atoms with Gasteiger partial charge in [-0.1, -0.05) is 24.3 Å². The minimum Gasteiger partial charge on any atom is -0.270 e. The molecule has 0 unspecified atom stereocenters. The summed E-state index contributed by atoms with van der Waals surface area (Å²) < 4.78 is 51.8. The van der Waals surface area contributed by atoms with E-state index in [2.05, 4.69) is 0 Å². The Kier molecular flexibility index (Phi) is 4.16. The van der Waals surface area contributed by atoms with Crippen molar-refractivity contribution in [2.24, 2.45) is 0 Å².